The number of ether oxygens (including phenoxy) is 1. The molecule has 0 fully saturated rings. The minimum absolute atomic E-state index is 0.367. The number of thiocarbonyl (C=S) groups is 1. The van der Waals surface area contributed by atoms with Crippen LogP contribution in [0.4, 0.5) is 5.69 Å². The van der Waals surface area contributed by atoms with Crippen LogP contribution in [-0.2, 0) is 0 Å². The molecular formula is C21H30N3OS+. The maximum Gasteiger partial charge on any atom is 0.171 e. The molecule has 0 radical (unpaired) electrons. The zero-order valence-corrected chi connectivity index (χ0v) is 16.7. The Morgan fingerprint density at radius 3 is 2.23 bits per heavy atom. The first-order valence-corrected chi connectivity index (χ1v) is 9.75. The maximum absolute atomic E-state index is 5.48. The molecule has 0 aliphatic heterocycles. The van der Waals surface area contributed by atoms with E-state index in [1.807, 2.05) is 31.2 Å². The molecule has 0 bridgehead atoms. The molecule has 0 aliphatic carbocycles. The Bertz CT molecular complexity index is 657. The van der Waals surface area contributed by atoms with Gasteiger partial charge in [0, 0.05) is 11.3 Å². The topological polar surface area (TPSA) is 37.7 Å². The summed E-state index contributed by atoms with van der Waals surface area (Å²) in [6.07, 6.45) is 0. The predicted octanol–water partition coefficient (Wildman–Crippen LogP) is 3.04. The van der Waals surface area contributed by atoms with E-state index in [0.717, 1.165) is 31.1 Å². The molecule has 0 saturated carbocycles. The van der Waals surface area contributed by atoms with Gasteiger partial charge in [-0.2, -0.15) is 0 Å². The number of benzene rings is 2. The van der Waals surface area contributed by atoms with Gasteiger partial charge in [0.1, 0.15) is 11.8 Å². The van der Waals surface area contributed by atoms with Crippen LogP contribution in [0.25, 0.3) is 0 Å². The molecule has 0 saturated heterocycles. The summed E-state index contributed by atoms with van der Waals surface area (Å²) in [6.45, 7) is 10.1. The summed E-state index contributed by atoms with van der Waals surface area (Å²) in [5.41, 5.74) is 2.29. The summed E-state index contributed by atoms with van der Waals surface area (Å²) in [6, 6.07) is 18.9. The van der Waals surface area contributed by atoms with E-state index in [4.69, 9.17) is 17.0 Å². The Morgan fingerprint density at radius 1 is 1.00 bits per heavy atom. The van der Waals surface area contributed by atoms with E-state index in [2.05, 4.69) is 54.8 Å². The Kier molecular flexibility index (Phi) is 8.38. The second kappa shape index (κ2) is 10.8. The van der Waals surface area contributed by atoms with Gasteiger partial charge in [0.15, 0.2) is 5.11 Å². The Labute approximate surface area is 162 Å². The minimum atomic E-state index is 0.367. The fraction of sp³-hybridized carbons (Fsp3) is 0.381. The van der Waals surface area contributed by atoms with E-state index in [0.29, 0.717) is 17.8 Å². The molecule has 140 valence electrons. The predicted molar refractivity (Wildman–Crippen MR) is 113 cm³/mol. The van der Waals surface area contributed by atoms with Crippen molar-refractivity contribution in [3.63, 3.8) is 0 Å². The van der Waals surface area contributed by atoms with Crippen LogP contribution >= 0.6 is 12.2 Å². The van der Waals surface area contributed by atoms with Gasteiger partial charge >= 0.3 is 0 Å². The van der Waals surface area contributed by atoms with E-state index in [1.165, 1.54) is 10.5 Å². The maximum atomic E-state index is 5.48. The second-order valence-electron chi connectivity index (χ2n) is 6.12. The summed E-state index contributed by atoms with van der Waals surface area (Å²) in [5, 5.41) is 7.28. The van der Waals surface area contributed by atoms with E-state index in [9.17, 15) is 0 Å². The first kappa shape index (κ1) is 20.2. The fourth-order valence-electron chi connectivity index (χ4n) is 3.10. The fourth-order valence-corrected chi connectivity index (χ4v) is 3.30. The van der Waals surface area contributed by atoms with Gasteiger partial charge in [-0.1, -0.05) is 30.3 Å². The number of rotatable bonds is 9. The molecule has 0 aromatic heterocycles. The van der Waals surface area contributed by atoms with Crippen molar-refractivity contribution in [1.29, 1.82) is 0 Å². The van der Waals surface area contributed by atoms with Crippen LogP contribution < -0.4 is 20.3 Å². The van der Waals surface area contributed by atoms with E-state index >= 15 is 0 Å². The van der Waals surface area contributed by atoms with Crippen LogP contribution in [0.15, 0.2) is 54.6 Å². The molecule has 2 aromatic carbocycles. The number of nitrogens with one attached hydrogen (secondary N) is 3. The first-order chi connectivity index (χ1) is 12.7. The Morgan fingerprint density at radius 2 is 1.65 bits per heavy atom. The highest BCUT2D eigenvalue weighted by molar-refractivity contribution is 7.80. The van der Waals surface area contributed by atoms with Crippen LogP contribution in [0.2, 0.25) is 0 Å². The van der Waals surface area contributed by atoms with Crippen molar-refractivity contribution >= 4 is 23.0 Å². The van der Waals surface area contributed by atoms with E-state index in [-0.39, 0.29) is 0 Å². The lowest BCUT2D eigenvalue weighted by atomic mass is 10.1. The average molecular weight is 373 g/mol. The average Bonchev–Trinajstić information content (AvgIpc) is 2.67. The van der Waals surface area contributed by atoms with Gasteiger partial charge < -0.3 is 20.3 Å². The molecule has 3 N–H and O–H groups in total. The number of anilines is 1. The standard InChI is InChI=1S/C21H29N3OS/c1-4-24(5-2)20(17-10-8-7-9-11-17)16-22-21(26)23-18-12-14-19(15-13-18)25-6-3/h7-15,20H,4-6,16H2,1-3H3,(H2,22,23,26)/p+1/t20-/m0/s1. The highest BCUT2D eigenvalue weighted by Gasteiger charge is 2.21. The van der Waals surface area contributed by atoms with Crippen molar-refractivity contribution in [2.75, 3.05) is 31.6 Å². The zero-order valence-electron chi connectivity index (χ0n) is 15.9. The summed E-state index contributed by atoms with van der Waals surface area (Å²) in [5.74, 6) is 0.867. The normalized spacial score (nSPS) is 11.8. The van der Waals surface area contributed by atoms with Gasteiger partial charge in [0.05, 0.1) is 26.2 Å². The van der Waals surface area contributed by atoms with Crippen LogP contribution in [0, 0.1) is 0 Å². The number of hydrogen-bond acceptors (Lipinski definition) is 2. The van der Waals surface area contributed by atoms with Gasteiger partial charge in [-0.05, 0) is 57.3 Å². The van der Waals surface area contributed by atoms with Crippen molar-refractivity contribution in [3.05, 3.63) is 60.2 Å². The third-order valence-electron chi connectivity index (χ3n) is 4.49. The van der Waals surface area contributed by atoms with Crippen molar-refractivity contribution in [1.82, 2.24) is 5.32 Å². The van der Waals surface area contributed by atoms with Crippen molar-refractivity contribution in [3.8, 4) is 5.75 Å². The van der Waals surface area contributed by atoms with Gasteiger partial charge in [-0.3, -0.25) is 0 Å². The lowest BCUT2D eigenvalue weighted by molar-refractivity contribution is -0.927. The molecule has 0 unspecified atom stereocenters. The number of likely N-dealkylation sites (N-methyl/N-ethyl adjacent to an activating group) is 1. The molecule has 0 amide bonds. The zero-order chi connectivity index (χ0) is 18.8. The van der Waals surface area contributed by atoms with Crippen molar-refractivity contribution in [2.45, 2.75) is 26.8 Å². The molecule has 26 heavy (non-hydrogen) atoms. The monoisotopic (exact) mass is 372 g/mol. The molecule has 2 aromatic rings. The van der Waals surface area contributed by atoms with Crippen LogP contribution in [0.3, 0.4) is 0 Å². The van der Waals surface area contributed by atoms with Gasteiger partial charge in [-0.15, -0.1) is 0 Å². The molecule has 0 aliphatic rings. The third kappa shape index (κ3) is 6.00. The number of hydrogen-bond donors (Lipinski definition) is 3. The van der Waals surface area contributed by atoms with Gasteiger partial charge in [-0.25, -0.2) is 0 Å². The second-order valence-corrected chi connectivity index (χ2v) is 6.53. The molecule has 5 heteroatoms. The molecule has 0 heterocycles. The van der Waals surface area contributed by atoms with Gasteiger partial charge in [0.2, 0.25) is 0 Å². The smallest absolute Gasteiger partial charge is 0.171 e. The largest absolute Gasteiger partial charge is 0.494 e. The highest BCUT2D eigenvalue weighted by atomic mass is 32.1. The van der Waals surface area contributed by atoms with Crippen LogP contribution in [-0.4, -0.2) is 31.4 Å². The van der Waals surface area contributed by atoms with E-state index < -0.39 is 0 Å². The number of quaternary nitrogens is 1. The Hall–Kier alpha value is -2.11. The molecule has 4 nitrogen and oxygen atoms in total. The van der Waals surface area contributed by atoms with Crippen molar-refractivity contribution in [2.24, 2.45) is 0 Å². The summed E-state index contributed by atoms with van der Waals surface area (Å²) in [7, 11) is 0. The third-order valence-corrected chi connectivity index (χ3v) is 4.74. The summed E-state index contributed by atoms with van der Waals surface area (Å²) >= 11 is 5.48. The highest BCUT2D eigenvalue weighted by Crippen LogP contribution is 2.15. The molecular weight excluding hydrogens is 342 g/mol. The first-order valence-electron chi connectivity index (χ1n) is 9.35. The van der Waals surface area contributed by atoms with Crippen molar-refractivity contribution < 1.29 is 9.64 Å². The quantitative estimate of drug-likeness (QED) is 0.592. The lowest BCUT2D eigenvalue weighted by Crippen LogP contribution is -3.12. The lowest BCUT2D eigenvalue weighted by Gasteiger charge is -2.27. The minimum Gasteiger partial charge on any atom is -0.494 e. The summed E-state index contributed by atoms with van der Waals surface area (Å²) < 4.78 is 5.47. The SMILES string of the molecule is CCOc1ccc(NC(=S)NC[C@@H](c2ccccc2)[NH+](CC)CC)cc1. The molecule has 1 atom stereocenters. The van der Waals surface area contributed by atoms with Gasteiger partial charge in [0.25, 0.3) is 0 Å². The van der Waals surface area contributed by atoms with Crippen LogP contribution in [0.1, 0.15) is 32.4 Å². The summed E-state index contributed by atoms with van der Waals surface area (Å²) in [4.78, 5) is 1.53. The van der Waals surface area contributed by atoms with E-state index in [1.54, 1.807) is 0 Å². The van der Waals surface area contributed by atoms with Crippen LogP contribution in [0.5, 0.6) is 5.75 Å². The Balaban J connectivity index is 1.95. The molecule has 2 rings (SSSR count). The molecule has 0 spiro atoms.